The van der Waals surface area contributed by atoms with Crippen molar-refractivity contribution in [1.29, 1.82) is 0 Å². The van der Waals surface area contributed by atoms with E-state index in [0.29, 0.717) is 0 Å². The number of aromatic nitrogens is 2. The third-order valence-electron chi connectivity index (χ3n) is 3.28. The highest BCUT2D eigenvalue weighted by Gasteiger charge is 2.49. The van der Waals surface area contributed by atoms with Gasteiger partial charge in [-0.2, -0.15) is 21.6 Å². The first kappa shape index (κ1) is 19.7. The Kier molecular flexibility index (Phi) is 4.75. The van der Waals surface area contributed by atoms with Gasteiger partial charge in [-0.15, -0.1) is 0 Å². The van der Waals surface area contributed by atoms with Gasteiger partial charge in [0, 0.05) is 26.6 Å². The van der Waals surface area contributed by atoms with E-state index in [2.05, 4.69) is 4.98 Å². The van der Waals surface area contributed by atoms with E-state index in [-0.39, 0.29) is 20.8 Å². The molecule has 12 heteroatoms. The normalized spacial score (nSPS) is 12.3. The Balaban J connectivity index is 2.93. The lowest BCUT2D eigenvalue weighted by Gasteiger charge is -2.14. The lowest BCUT2D eigenvalue weighted by atomic mass is 10.1. The van der Waals surface area contributed by atoms with Crippen LogP contribution in [0.3, 0.4) is 0 Å². The van der Waals surface area contributed by atoms with Gasteiger partial charge in [-0.05, 0) is 19.1 Å². The molecule has 0 saturated heterocycles. The number of ether oxygens (including phenoxy) is 1. The van der Waals surface area contributed by atoms with Gasteiger partial charge < -0.3 is 9.64 Å². The van der Waals surface area contributed by atoms with Gasteiger partial charge in [0.05, 0.1) is 5.52 Å². The molecule has 1 aromatic carbocycles. The largest absolute Gasteiger partial charge is 0.517 e. The molecule has 0 spiro atoms. The quantitative estimate of drug-likeness (QED) is 0.581. The maximum atomic E-state index is 13.0. The molecule has 0 unspecified atom stereocenters. The first-order valence-electron chi connectivity index (χ1n) is 7.02. The summed E-state index contributed by atoms with van der Waals surface area (Å²) >= 11 is 0. The number of halogens is 3. The van der Waals surface area contributed by atoms with Crippen molar-refractivity contribution in [3.05, 3.63) is 23.5 Å². The van der Waals surface area contributed by atoms with Gasteiger partial charge in [0.1, 0.15) is 11.3 Å². The van der Waals surface area contributed by atoms with Crippen LogP contribution in [0.4, 0.5) is 13.2 Å². The molecule has 1 amide bonds. The molecule has 8 nitrogen and oxygen atoms in total. The highest BCUT2D eigenvalue weighted by atomic mass is 32.2. The number of benzene rings is 1. The van der Waals surface area contributed by atoms with Crippen molar-refractivity contribution in [2.24, 2.45) is 0 Å². The molecule has 0 N–H and O–H groups in total. The fourth-order valence-corrected chi connectivity index (χ4v) is 3.26. The predicted octanol–water partition coefficient (Wildman–Crippen LogP) is 1.67. The highest BCUT2D eigenvalue weighted by Crippen LogP contribution is 2.34. The molecule has 0 atom stereocenters. The van der Waals surface area contributed by atoms with E-state index in [1.165, 1.54) is 14.1 Å². The molecule has 0 aliphatic carbocycles. The van der Waals surface area contributed by atoms with Crippen LogP contribution in [0.15, 0.2) is 12.1 Å². The van der Waals surface area contributed by atoms with Gasteiger partial charge in [0.2, 0.25) is 0 Å². The summed E-state index contributed by atoms with van der Waals surface area (Å²) in [4.78, 5) is 28.3. The van der Waals surface area contributed by atoms with Crippen LogP contribution in [0.2, 0.25) is 0 Å². The number of aryl methyl sites for hydroxylation is 1. The molecule has 0 radical (unpaired) electrons. The number of hydrogen-bond acceptors (Lipinski definition) is 6. The van der Waals surface area contributed by atoms with Crippen LogP contribution in [-0.2, 0) is 14.8 Å². The van der Waals surface area contributed by atoms with Crippen molar-refractivity contribution in [1.82, 2.24) is 13.9 Å². The zero-order valence-corrected chi connectivity index (χ0v) is 14.9. The topological polar surface area (TPSA) is 98.6 Å². The summed E-state index contributed by atoms with van der Waals surface area (Å²) < 4.78 is 67.7. The van der Waals surface area contributed by atoms with Crippen LogP contribution < -0.4 is 4.74 Å². The monoisotopic (exact) mass is 393 g/mol. The Hall–Kier alpha value is -2.63. The standard InChI is InChI=1S/C14H14F3N3O5S/c1-7-18-12-10(20(7)26(23,24)14(15,16)17)5-9(13(22)19(3)4)6-11(12)25-8(2)21/h5-6H,1-4H3. The molecule has 0 saturated carbocycles. The van der Waals surface area contributed by atoms with Crippen molar-refractivity contribution >= 4 is 32.9 Å². The lowest BCUT2D eigenvalue weighted by Crippen LogP contribution is -2.30. The van der Waals surface area contributed by atoms with Gasteiger partial charge in [0.25, 0.3) is 5.91 Å². The summed E-state index contributed by atoms with van der Waals surface area (Å²) in [6.45, 7) is 2.09. The second-order valence-electron chi connectivity index (χ2n) is 5.51. The Morgan fingerprint density at radius 3 is 2.27 bits per heavy atom. The van der Waals surface area contributed by atoms with E-state index >= 15 is 0 Å². The van der Waals surface area contributed by atoms with E-state index < -0.39 is 38.7 Å². The van der Waals surface area contributed by atoms with Crippen LogP contribution in [0, 0.1) is 6.92 Å². The molecule has 142 valence electrons. The van der Waals surface area contributed by atoms with Crippen molar-refractivity contribution in [2.75, 3.05) is 14.1 Å². The second kappa shape index (κ2) is 6.27. The van der Waals surface area contributed by atoms with Crippen molar-refractivity contribution in [2.45, 2.75) is 19.4 Å². The second-order valence-corrected chi connectivity index (χ2v) is 7.29. The van der Waals surface area contributed by atoms with Gasteiger partial charge in [-0.25, -0.2) is 8.96 Å². The van der Waals surface area contributed by atoms with Crippen LogP contribution in [0.1, 0.15) is 23.1 Å². The Morgan fingerprint density at radius 1 is 1.23 bits per heavy atom. The fraction of sp³-hybridized carbons (Fsp3) is 0.357. The van der Waals surface area contributed by atoms with Gasteiger partial charge in [-0.3, -0.25) is 9.59 Å². The SMILES string of the molecule is CC(=O)Oc1cc(C(=O)N(C)C)cc2c1nc(C)n2S(=O)(=O)C(F)(F)F. The van der Waals surface area contributed by atoms with Crippen molar-refractivity contribution in [3.8, 4) is 5.75 Å². The molecule has 0 bridgehead atoms. The number of carbonyl (C=O) groups excluding carboxylic acids is 2. The van der Waals surface area contributed by atoms with Crippen LogP contribution >= 0.6 is 0 Å². The predicted molar refractivity (Wildman–Crippen MR) is 84.2 cm³/mol. The van der Waals surface area contributed by atoms with Crippen molar-refractivity contribution in [3.63, 3.8) is 0 Å². The lowest BCUT2D eigenvalue weighted by molar-refractivity contribution is -0.131. The number of rotatable bonds is 3. The van der Waals surface area contributed by atoms with E-state index in [4.69, 9.17) is 4.74 Å². The Bertz CT molecular complexity index is 1010. The summed E-state index contributed by atoms with van der Waals surface area (Å²) in [5.74, 6) is -2.26. The number of amides is 1. The summed E-state index contributed by atoms with van der Waals surface area (Å²) in [6.07, 6.45) is 0. The minimum atomic E-state index is -5.81. The molecule has 2 aromatic rings. The summed E-state index contributed by atoms with van der Waals surface area (Å²) in [5, 5.41) is 0. The average Bonchev–Trinajstić information content (AvgIpc) is 2.81. The molecule has 1 aromatic heterocycles. The summed E-state index contributed by atoms with van der Waals surface area (Å²) in [6, 6.07) is 2.07. The number of carbonyl (C=O) groups is 2. The van der Waals surface area contributed by atoms with E-state index in [9.17, 15) is 31.2 Å². The number of imidazole rings is 1. The smallest absolute Gasteiger partial charge is 0.424 e. The molecule has 1 heterocycles. The third-order valence-corrected chi connectivity index (χ3v) is 4.81. The maximum Gasteiger partial charge on any atom is 0.517 e. The van der Waals surface area contributed by atoms with Gasteiger partial charge in [0.15, 0.2) is 5.75 Å². The Labute approximate surface area is 146 Å². The third kappa shape index (κ3) is 3.23. The number of fused-ring (bicyclic) bond motifs is 1. The van der Waals surface area contributed by atoms with E-state index in [0.717, 1.165) is 30.9 Å². The first-order valence-corrected chi connectivity index (χ1v) is 8.46. The minimum Gasteiger partial charge on any atom is -0.424 e. The van der Waals surface area contributed by atoms with Crippen molar-refractivity contribution < 1.29 is 35.9 Å². The van der Waals surface area contributed by atoms with E-state index in [1.807, 2.05) is 0 Å². The molecule has 26 heavy (non-hydrogen) atoms. The molecule has 0 aliphatic rings. The van der Waals surface area contributed by atoms with Gasteiger partial charge in [-0.1, -0.05) is 0 Å². The zero-order valence-electron chi connectivity index (χ0n) is 14.1. The minimum absolute atomic E-state index is 0.0260. The van der Waals surface area contributed by atoms with E-state index in [1.54, 1.807) is 0 Å². The molecule has 2 rings (SSSR count). The number of nitrogens with zero attached hydrogens (tertiary/aromatic N) is 3. The molecule has 0 fully saturated rings. The molecular weight excluding hydrogens is 379 g/mol. The summed E-state index contributed by atoms with van der Waals surface area (Å²) in [5.41, 5.74) is -6.57. The average molecular weight is 393 g/mol. The van der Waals surface area contributed by atoms with Gasteiger partial charge >= 0.3 is 21.5 Å². The molecular formula is C14H14F3N3O5S. The number of esters is 1. The van der Waals surface area contributed by atoms with Crippen LogP contribution in [0.5, 0.6) is 5.75 Å². The summed E-state index contributed by atoms with van der Waals surface area (Å²) in [7, 11) is -3.02. The molecule has 0 aliphatic heterocycles. The number of alkyl halides is 3. The zero-order chi connectivity index (χ0) is 20.0. The fourth-order valence-electron chi connectivity index (χ4n) is 2.26. The highest BCUT2D eigenvalue weighted by molar-refractivity contribution is 7.91. The van der Waals surface area contributed by atoms with Crippen LogP contribution in [-0.4, -0.2) is 53.8 Å². The first-order chi connectivity index (χ1) is 11.8. The Morgan fingerprint density at radius 2 is 1.81 bits per heavy atom. The van der Waals surface area contributed by atoms with Crippen LogP contribution in [0.25, 0.3) is 11.0 Å². The maximum absolute atomic E-state index is 13.0. The number of hydrogen-bond donors (Lipinski definition) is 0.